The highest BCUT2D eigenvalue weighted by molar-refractivity contribution is 5.87. The first-order valence-electron chi connectivity index (χ1n) is 6.05. The van der Waals surface area contributed by atoms with Crippen LogP contribution in [0.25, 0.3) is 16.9 Å². The van der Waals surface area contributed by atoms with Crippen molar-refractivity contribution in [3.05, 3.63) is 66.6 Å². The summed E-state index contributed by atoms with van der Waals surface area (Å²) >= 11 is 0. The van der Waals surface area contributed by atoms with Crippen molar-refractivity contribution < 1.29 is 9.90 Å². The van der Waals surface area contributed by atoms with Crippen LogP contribution in [0.15, 0.2) is 60.9 Å². The Morgan fingerprint density at radius 3 is 2.48 bits per heavy atom. The minimum atomic E-state index is -1.05. The molecule has 0 unspecified atom stereocenters. The molecule has 5 nitrogen and oxygen atoms in total. The highest BCUT2D eigenvalue weighted by Gasteiger charge is 2.15. The second kappa shape index (κ2) is 6.19. The average molecular weight is 302 g/mol. The van der Waals surface area contributed by atoms with Gasteiger partial charge in [0, 0.05) is 18.0 Å². The van der Waals surface area contributed by atoms with Crippen LogP contribution in [-0.2, 0) is 0 Å². The molecular weight excluding hydrogens is 290 g/mol. The molecule has 0 radical (unpaired) electrons. The molecule has 0 saturated carbocycles. The maximum absolute atomic E-state index is 11.1. The van der Waals surface area contributed by atoms with Crippen molar-refractivity contribution in [3.8, 4) is 16.9 Å². The molecule has 0 fully saturated rings. The van der Waals surface area contributed by atoms with Gasteiger partial charge >= 0.3 is 5.97 Å². The number of nitrogens with zero attached hydrogens (tertiary/aromatic N) is 3. The lowest BCUT2D eigenvalue weighted by molar-refractivity contribution is 0.0690. The van der Waals surface area contributed by atoms with E-state index in [1.807, 2.05) is 36.4 Å². The molecule has 6 heteroatoms. The molecule has 0 amide bonds. The first kappa shape index (κ1) is 14.7. The Hall–Kier alpha value is -2.66. The van der Waals surface area contributed by atoms with E-state index < -0.39 is 5.97 Å². The molecule has 2 heterocycles. The van der Waals surface area contributed by atoms with Crippen LogP contribution in [0, 0.1) is 0 Å². The van der Waals surface area contributed by atoms with Crippen LogP contribution >= 0.6 is 12.4 Å². The average Bonchev–Trinajstić information content (AvgIpc) is 2.94. The molecule has 1 N–H and O–H groups in total. The van der Waals surface area contributed by atoms with E-state index in [4.69, 9.17) is 5.11 Å². The second-order valence-corrected chi connectivity index (χ2v) is 4.21. The number of carbonyl (C=O) groups is 1. The molecule has 0 atom stereocenters. The summed E-state index contributed by atoms with van der Waals surface area (Å²) in [5, 5.41) is 13.3. The summed E-state index contributed by atoms with van der Waals surface area (Å²) in [4.78, 5) is 15.2. The monoisotopic (exact) mass is 301 g/mol. The molecule has 0 aliphatic heterocycles. The van der Waals surface area contributed by atoms with Gasteiger partial charge in [-0.05, 0) is 30.3 Å². The minimum absolute atomic E-state index is 0. The molecule has 0 saturated heterocycles. The molecular formula is C15H12ClN3O2. The van der Waals surface area contributed by atoms with Gasteiger partial charge in [-0.1, -0.05) is 18.2 Å². The van der Waals surface area contributed by atoms with E-state index in [1.54, 1.807) is 29.2 Å². The highest BCUT2D eigenvalue weighted by atomic mass is 35.5. The lowest BCUT2D eigenvalue weighted by Gasteiger charge is -2.06. The van der Waals surface area contributed by atoms with Crippen molar-refractivity contribution in [2.45, 2.75) is 0 Å². The number of carboxylic acids is 1. The summed E-state index contributed by atoms with van der Waals surface area (Å²) in [6.07, 6.45) is 3.35. The van der Waals surface area contributed by atoms with Gasteiger partial charge in [-0.25, -0.2) is 9.48 Å². The number of hydrogen-bond acceptors (Lipinski definition) is 3. The normalized spacial score (nSPS) is 9.90. The van der Waals surface area contributed by atoms with Gasteiger partial charge in [-0.3, -0.25) is 4.98 Å². The van der Waals surface area contributed by atoms with Gasteiger partial charge in [0.2, 0.25) is 0 Å². The number of hydrogen-bond donors (Lipinski definition) is 1. The fourth-order valence-electron chi connectivity index (χ4n) is 1.97. The summed E-state index contributed by atoms with van der Waals surface area (Å²) in [5.41, 5.74) is 2.32. The van der Waals surface area contributed by atoms with Crippen LogP contribution in [-0.4, -0.2) is 25.8 Å². The van der Waals surface area contributed by atoms with E-state index in [1.165, 1.54) is 0 Å². The second-order valence-electron chi connectivity index (χ2n) is 4.21. The molecule has 3 rings (SSSR count). The van der Waals surface area contributed by atoms with Crippen LogP contribution in [0.5, 0.6) is 0 Å². The Kier molecular flexibility index (Phi) is 4.35. The molecule has 0 spiro atoms. The van der Waals surface area contributed by atoms with Gasteiger partial charge < -0.3 is 5.11 Å². The molecule has 3 aromatic rings. The first-order valence-corrected chi connectivity index (χ1v) is 6.05. The van der Waals surface area contributed by atoms with Gasteiger partial charge in [-0.15, -0.1) is 12.4 Å². The van der Waals surface area contributed by atoms with Gasteiger partial charge in [0.1, 0.15) is 0 Å². The third-order valence-electron chi connectivity index (χ3n) is 2.89. The lowest BCUT2D eigenvalue weighted by atomic mass is 10.2. The highest BCUT2D eigenvalue weighted by Crippen LogP contribution is 2.23. The van der Waals surface area contributed by atoms with Gasteiger partial charge in [0.05, 0.1) is 11.4 Å². The number of aromatic carboxylic acids is 1. The molecule has 106 valence electrons. The number of rotatable bonds is 3. The quantitative estimate of drug-likeness (QED) is 0.807. The lowest BCUT2D eigenvalue weighted by Crippen LogP contribution is -2.02. The summed E-state index contributed by atoms with van der Waals surface area (Å²) in [5.74, 6) is -1.05. The molecule has 0 bridgehead atoms. The smallest absolute Gasteiger partial charge is 0.356 e. The third-order valence-corrected chi connectivity index (χ3v) is 2.89. The van der Waals surface area contributed by atoms with Crippen molar-refractivity contribution in [1.29, 1.82) is 0 Å². The number of benzene rings is 1. The van der Waals surface area contributed by atoms with Gasteiger partial charge in [0.25, 0.3) is 0 Å². The maximum Gasteiger partial charge on any atom is 0.356 e. The zero-order valence-corrected chi connectivity index (χ0v) is 11.7. The van der Waals surface area contributed by atoms with Crippen molar-refractivity contribution >= 4 is 18.4 Å². The Morgan fingerprint density at radius 2 is 1.86 bits per heavy atom. The van der Waals surface area contributed by atoms with E-state index >= 15 is 0 Å². The number of aromatic nitrogens is 3. The minimum Gasteiger partial charge on any atom is -0.476 e. The predicted octanol–water partition coefficient (Wildman–Crippen LogP) is 3.05. The summed E-state index contributed by atoms with van der Waals surface area (Å²) in [7, 11) is 0. The number of halogens is 1. The Morgan fingerprint density at radius 1 is 1.10 bits per heavy atom. The molecule has 1 aromatic carbocycles. The molecule has 2 aromatic heterocycles. The molecule has 0 aliphatic carbocycles. The largest absolute Gasteiger partial charge is 0.476 e. The zero-order chi connectivity index (χ0) is 13.9. The number of carboxylic acid groups (broad SMARTS) is 1. The van der Waals surface area contributed by atoms with Crippen LogP contribution in [0.4, 0.5) is 0 Å². The summed E-state index contributed by atoms with van der Waals surface area (Å²) in [6.45, 7) is 0. The Bertz CT molecular complexity index is 685. The van der Waals surface area contributed by atoms with Crippen molar-refractivity contribution in [3.63, 3.8) is 0 Å². The van der Waals surface area contributed by atoms with Crippen molar-refractivity contribution in [2.75, 3.05) is 0 Å². The molecule has 21 heavy (non-hydrogen) atoms. The van der Waals surface area contributed by atoms with E-state index in [9.17, 15) is 4.79 Å². The van der Waals surface area contributed by atoms with Crippen molar-refractivity contribution in [2.24, 2.45) is 0 Å². The standard InChI is InChI=1S/C15H11N3O2.ClH/c19-15(20)13-9-14(11-5-4-8-16-10-11)18(17-13)12-6-2-1-3-7-12;/h1-10H,(H,19,20);1H. The fraction of sp³-hybridized carbons (Fsp3) is 0. The van der Waals surface area contributed by atoms with Crippen LogP contribution in [0.3, 0.4) is 0 Å². The van der Waals surface area contributed by atoms with E-state index in [2.05, 4.69) is 10.1 Å². The first-order chi connectivity index (χ1) is 9.75. The maximum atomic E-state index is 11.1. The van der Waals surface area contributed by atoms with Crippen LogP contribution in [0.2, 0.25) is 0 Å². The Balaban J connectivity index is 0.00000161. The van der Waals surface area contributed by atoms with E-state index in [0.717, 1.165) is 11.3 Å². The molecule has 0 aliphatic rings. The van der Waals surface area contributed by atoms with Crippen molar-refractivity contribution in [1.82, 2.24) is 14.8 Å². The van der Waals surface area contributed by atoms with E-state index in [-0.39, 0.29) is 18.1 Å². The summed E-state index contributed by atoms with van der Waals surface area (Å²) in [6, 6.07) is 14.6. The summed E-state index contributed by atoms with van der Waals surface area (Å²) < 4.78 is 1.61. The number of para-hydroxylation sites is 1. The predicted molar refractivity (Wildman–Crippen MR) is 81.0 cm³/mol. The fourth-order valence-corrected chi connectivity index (χ4v) is 1.97. The zero-order valence-electron chi connectivity index (χ0n) is 10.9. The van der Waals surface area contributed by atoms with Crippen LogP contribution in [0.1, 0.15) is 10.5 Å². The topological polar surface area (TPSA) is 68.0 Å². The Labute approximate surface area is 127 Å². The SMILES string of the molecule is Cl.O=C(O)c1cc(-c2cccnc2)n(-c2ccccc2)n1. The van der Waals surface area contributed by atoms with Gasteiger partial charge in [-0.2, -0.15) is 5.10 Å². The van der Waals surface area contributed by atoms with Gasteiger partial charge in [0.15, 0.2) is 5.69 Å². The third kappa shape index (κ3) is 2.93. The number of pyridine rings is 1. The van der Waals surface area contributed by atoms with Crippen LogP contribution < -0.4 is 0 Å². The van der Waals surface area contributed by atoms with E-state index in [0.29, 0.717) is 5.69 Å².